The number of H-pyrrole nitrogens is 1. The van der Waals surface area contributed by atoms with Crippen LogP contribution in [0.25, 0.3) is 11.3 Å². The molecule has 1 amide bonds. The number of carbonyl (C=O) groups is 2. The van der Waals surface area contributed by atoms with Gasteiger partial charge in [0.1, 0.15) is 17.3 Å². The molecule has 0 saturated carbocycles. The molecule has 0 fully saturated rings. The van der Waals surface area contributed by atoms with Crippen molar-refractivity contribution < 1.29 is 14.3 Å². The van der Waals surface area contributed by atoms with Gasteiger partial charge in [0.2, 0.25) is 0 Å². The van der Waals surface area contributed by atoms with Crippen LogP contribution in [0.4, 0.5) is 17.2 Å². The lowest BCUT2D eigenvalue weighted by Crippen LogP contribution is -2.18. The van der Waals surface area contributed by atoms with Crippen molar-refractivity contribution in [3.63, 3.8) is 0 Å². The summed E-state index contributed by atoms with van der Waals surface area (Å²) < 4.78 is 5.40. The number of pyridine rings is 1. The average Bonchev–Trinajstić information content (AvgIpc) is 3.44. The lowest BCUT2D eigenvalue weighted by Gasteiger charge is -2.14. The van der Waals surface area contributed by atoms with Crippen molar-refractivity contribution in [2.24, 2.45) is 0 Å². The van der Waals surface area contributed by atoms with Crippen molar-refractivity contribution in [2.45, 2.75) is 6.61 Å². The Morgan fingerprint density at radius 1 is 1.16 bits per heavy atom. The fraction of sp³-hybridized carbons (Fsp3) is 0.0909. The van der Waals surface area contributed by atoms with E-state index in [1.54, 1.807) is 17.8 Å². The molecule has 0 unspecified atom stereocenters. The highest BCUT2D eigenvalue weighted by molar-refractivity contribution is 7.11. The maximum Gasteiger partial charge on any atom is 0.268 e. The fourth-order valence-corrected chi connectivity index (χ4v) is 3.97. The second kappa shape index (κ2) is 8.13. The second-order valence-corrected chi connectivity index (χ2v) is 7.77. The third kappa shape index (κ3) is 3.83. The Hall–Kier alpha value is -3.82. The van der Waals surface area contributed by atoms with Gasteiger partial charge >= 0.3 is 0 Å². The number of nitrogens with one attached hydrogen (secondary N) is 3. The van der Waals surface area contributed by atoms with Crippen molar-refractivity contribution in [2.75, 3.05) is 17.2 Å². The molecule has 8 nitrogen and oxygen atoms in total. The zero-order valence-electron chi connectivity index (χ0n) is 16.2. The van der Waals surface area contributed by atoms with Gasteiger partial charge in [-0.15, -0.1) is 11.3 Å². The SMILES string of the molecule is O=C(Nc1cc(-c2[nH]c3c(c2Nc2ccccc2)C(=O)COC3)ccn1)c1cncs1. The molecule has 0 aliphatic carbocycles. The first-order valence-electron chi connectivity index (χ1n) is 9.53. The quantitative estimate of drug-likeness (QED) is 0.436. The van der Waals surface area contributed by atoms with Crippen molar-refractivity contribution in [1.29, 1.82) is 0 Å². The number of fused-ring (bicyclic) bond motifs is 1. The number of benzene rings is 1. The molecule has 9 heteroatoms. The van der Waals surface area contributed by atoms with Crippen molar-refractivity contribution >= 4 is 40.2 Å². The van der Waals surface area contributed by atoms with E-state index in [4.69, 9.17) is 4.74 Å². The Balaban J connectivity index is 1.54. The molecule has 0 spiro atoms. The summed E-state index contributed by atoms with van der Waals surface area (Å²) in [5.41, 5.74) is 5.95. The van der Waals surface area contributed by atoms with E-state index in [0.717, 1.165) is 22.6 Å². The van der Waals surface area contributed by atoms with Crippen LogP contribution in [-0.4, -0.2) is 33.2 Å². The van der Waals surface area contributed by atoms with Crippen LogP contribution >= 0.6 is 11.3 Å². The van der Waals surface area contributed by atoms with Gasteiger partial charge in [-0.3, -0.25) is 14.6 Å². The van der Waals surface area contributed by atoms with Gasteiger partial charge in [0.15, 0.2) is 5.78 Å². The first-order chi connectivity index (χ1) is 15.2. The zero-order chi connectivity index (χ0) is 21.2. The van der Waals surface area contributed by atoms with Crippen LogP contribution in [0, 0.1) is 0 Å². The molecule has 154 valence electrons. The first-order valence-corrected chi connectivity index (χ1v) is 10.4. The zero-order valence-corrected chi connectivity index (χ0v) is 17.0. The lowest BCUT2D eigenvalue weighted by molar-refractivity contribution is 0.0660. The summed E-state index contributed by atoms with van der Waals surface area (Å²) in [7, 11) is 0. The standard InChI is InChI=1S/C22H17N5O3S/c28-16-11-30-10-15-19(16)21(25-14-4-2-1-3-5-14)20(26-15)13-6-7-24-18(8-13)27-22(29)17-9-23-12-31-17/h1-9,12,25-26H,10-11H2,(H,24,27,29). The number of amides is 1. The molecule has 0 bridgehead atoms. The summed E-state index contributed by atoms with van der Waals surface area (Å²) in [6.45, 7) is 0.366. The molecule has 0 atom stereocenters. The van der Waals surface area contributed by atoms with Crippen molar-refractivity contribution in [3.8, 4) is 11.3 Å². The molecule has 1 aliphatic heterocycles. The molecule has 1 aromatic carbocycles. The van der Waals surface area contributed by atoms with Crippen LogP contribution in [0.5, 0.6) is 0 Å². The van der Waals surface area contributed by atoms with E-state index in [9.17, 15) is 9.59 Å². The predicted molar refractivity (Wildman–Crippen MR) is 118 cm³/mol. The van der Waals surface area contributed by atoms with Gasteiger partial charge < -0.3 is 20.4 Å². The van der Waals surface area contributed by atoms with E-state index in [1.165, 1.54) is 17.5 Å². The maximum atomic E-state index is 12.6. The molecule has 5 rings (SSSR count). The van der Waals surface area contributed by atoms with Gasteiger partial charge in [0, 0.05) is 17.4 Å². The van der Waals surface area contributed by atoms with Crippen LogP contribution in [0.3, 0.4) is 0 Å². The number of ether oxygens (including phenoxy) is 1. The van der Waals surface area contributed by atoms with E-state index >= 15 is 0 Å². The number of thiazole rings is 1. The van der Waals surface area contributed by atoms with E-state index in [2.05, 4.69) is 25.6 Å². The summed E-state index contributed by atoms with van der Waals surface area (Å²) in [5.74, 6) is 0.0378. The summed E-state index contributed by atoms with van der Waals surface area (Å²) >= 11 is 1.25. The van der Waals surface area contributed by atoms with Gasteiger partial charge in [0.05, 0.1) is 41.0 Å². The monoisotopic (exact) mass is 431 g/mol. The number of Topliss-reactive ketones (excluding diaryl/α,β-unsaturated/α-hetero) is 1. The first kappa shape index (κ1) is 19.2. The van der Waals surface area contributed by atoms with Crippen molar-refractivity contribution in [3.05, 3.63) is 76.5 Å². The number of hydrogen-bond acceptors (Lipinski definition) is 7. The molecule has 3 N–H and O–H groups in total. The number of ketones is 1. The Morgan fingerprint density at radius 2 is 2.03 bits per heavy atom. The van der Waals surface area contributed by atoms with E-state index in [-0.39, 0.29) is 18.3 Å². The van der Waals surface area contributed by atoms with Crippen LogP contribution < -0.4 is 10.6 Å². The molecule has 31 heavy (non-hydrogen) atoms. The van der Waals surface area contributed by atoms with E-state index in [1.807, 2.05) is 36.4 Å². The highest BCUT2D eigenvalue weighted by Crippen LogP contribution is 2.37. The summed E-state index contributed by atoms with van der Waals surface area (Å²) in [5, 5.41) is 6.16. The summed E-state index contributed by atoms with van der Waals surface area (Å²) in [4.78, 5) is 37.0. The lowest BCUT2D eigenvalue weighted by atomic mass is 10.0. The molecular formula is C22H17N5O3S. The minimum absolute atomic E-state index is 0.0419. The third-order valence-electron chi connectivity index (χ3n) is 4.83. The van der Waals surface area contributed by atoms with Crippen LogP contribution in [-0.2, 0) is 11.3 Å². The number of aromatic amines is 1. The van der Waals surface area contributed by atoms with Crippen molar-refractivity contribution in [1.82, 2.24) is 15.0 Å². The number of rotatable bonds is 5. The Kier molecular flexibility index (Phi) is 5.03. The number of nitrogens with zero attached hydrogens (tertiary/aromatic N) is 2. The topological polar surface area (TPSA) is 109 Å². The fourth-order valence-electron chi connectivity index (χ4n) is 3.45. The molecule has 0 radical (unpaired) electrons. The Morgan fingerprint density at radius 3 is 2.84 bits per heavy atom. The Bertz CT molecular complexity index is 1250. The molecule has 4 heterocycles. The molecule has 4 aromatic rings. The highest BCUT2D eigenvalue weighted by atomic mass is 32.1. The maximum absolute atomic E-state index is 12.6. The van der Waals surface area contributed by atoms with Crippen LogP contribution in [0.1, 0.15) is 25.7 Å². The third-order valence-corrected chi connectivity index (χ3v) is 5.60. The second-order valence-electron chi connectivity index (χ2n) is 6.89. The minimum Gasteiger partial charge on any atom is -0.367 e. The number of anilines is 3. The van der Waals surface area contributed by atoms with Gasteiger partial charge in [-0.25, -0.2) is 4.98 Å². The largest absolute Gasteiger partial charge is 0.367 e. The summed E-state index contributed by atoms with van der Waals surface area (Å²) in [6, 6.07) is 13.2. The van der Waals surface area contributed by atoms with Gasteiger partial charge in [0.25, 0.3) is 5.91 Å². The minimum atomic E-state index is -0.274. The van der Waals surface area contributed by atoms with E-state index in [0.29, 0.717) is 28.6 Å². The normalized spacial score (nSPS) is 13.0. The average molecular weight is 431 g/mol. The predicted octanol–water partition coefficient (Wildman–Crippen LogP) is 4.24. The molecule has 1 aliphatic rings. The molecular weight excluding hydrogens is 414 g/mol. The molecule has 3 aromatic heterocycles. The number of carbonyl (C=O) groups excluding carboxylic acids is 2. The number of hydrogen-bond donors (Lipinski definition) is 3. The van der Waals surface area contributed by atoms with Gasteiger partial charge in [-0.2, -0.15) is 0 Å². The van der Waals surface area contributed by atoms with E-state index < -0.39 is 0 Å². The van der Waals surface area contributed by atoms with Crippen LogP contribution in [0.2, 0.25) is 0 Å². The van der Waals surface area contributed by atoms with Crippen LogP contribution in [0.15, 0.2) is 60.4 Å². The Labute approximate surface area is 181 Å². The highest BCUT2D eigenvalue weighted by Gasteiger charge is 2.27. The van der Waals surface area contributed by atoms with Gasteiger partial charge in [-0.1, -0.05) is 18.2 Å². The van der Waals surface area contributed by atoms with Gasteiger partial charge in [-0.05, 0) is 24.3 Å². The summed E-state index contributed by atoms with van der Waals surface area (Å²) in [6.07, 6.45) is 3.12. The number of para-hydroxylation sites is 1. The smallest absolute Gasteiger partial charge is 0.268 e. The number of aromatic nitrogens is 3. The molecule has 0 saturated heterocycles.